The first-order chi connectivity index (χ1) is 12.5. The van der Waals surface area contributed by atoms with Gasteiger partial charge in [-0.2, -0.15) is 19.8 Å². The third kappa shape index (κ3) is 5.17. The molecule has 0 spiro atoms. The van der Waals surface area contributed by atoms with Crippen LogP contribution in [0.2, 0.25) is 0 Å². The van der Waals surface area contributed by atoms with Gasteiger partial charge in [-0.25, -0.2) is 0 Å². The van der Waals surface area contributed by atoms with E-state index >= 15 is 0 Å². The van der Waals surface area contributed by atoms with Crippen LogP contribution in [0.15, 0.2) is 70.3 Å². The molecule has 0 bridgehead atoms. The van der Waals surface area contributed by atoms with Gasteiger partial charge in [0.15, 0.2) is 0 Å². The van der Waals surface area contributed by atoms with E-state index in [1.54, 1.807) is 23.5 Å². The monoisotopic (exact) mass is 388 g/mol. The molecular formula is C20H20O4S2. The maximum atomic E-state index is 12.1. The van der Waals surface area contributed by atoms with Gasteiger partial charge in [0.25, 0.3) is 10.1 Å². The largest absolute Gasteiger partial charge is 0.491 e. The lowest BCUT2D eigenvalue weighted by Crippen LogP contribution is -2.13. The van der Waals surface area contributed by atoms with Gasteiger partial charge in [0.2, 0.25) is 0 Å². The summed E-state index contributed by atoms with van der Waals surface area (Å²) in [5.74, 6) is 0.690. The van der Waals surface area contributed by atoms with Gasteiger partial charge in [-0.3, -0.25) is 4.18 Å². The molecule has 0 radical (unpaired) electrons. The lowest BCUT2D eigenvalue weighted by atomic mass is 10.1. The minimum absolute atomic E-state index is 0.0349. The summed E-state index contributed by atoms with van der Waals surface area (Å²) >= 11 is 1.69. The van der Waals surface area contributed by atoms with E-state index in [0.29, 0.717) is 5.75 Å². The summed E-state index contributed by atoms with van der Waals surface area (Å²) in [4.78, 5) is 0.154. The highest BCUT2D eigenvalue weighted by Gasteiger charge is 2.14. The molecule has 6 heteroatoms. The molecule has 0 aliphatic rings. The molecule has 0 N–H and O–H groups in total. The predicted molar refractivity (Wildman–Crippen MR) is 103 cm³/mol. The Labute approximate surface area is 158 Å². The summed E-state index contributed by atoms with van der Waals surface area (Å²) < 4.78 is 34.7. The number of thiophene rings is 1. The molecule has 0 fully saturated rings. The van der Waals surface area contributed by atoms with E-state index in [1.807, 2.05) is 31.2 Å². The van der Waals surface area contributed by atoms with Gasteiger partial charge in [-0.1, -0.05) is 29.8 Å². The maximum absolute atomic E-state index is 12.1. The summed E-state index contributed by atoms with van der Waals surface area (Å²) in [6, 6.07) is 16.5. The number of benzene rings is 2. The fraction of sp³-hybridized carbons (Fsp3) is 0.200. The molecule has 136 valence electrons. The van der Waals surface area contributed by atoms with Crippen molar-refractivity contribution in [1.29, 1.82) is 0 Å². The van der Waals surface area contributed by atoms with Crippen LogP contribution in [0.4, 0.5) is 0 Å². The average molecular weight is 389 g/mol. The summed E-state index contributed by atoms with van der Waals surface area (Å²) in [5, 5.41) is 4.20. The first-order valence-electron chi connectivity index (χ1n) is 8.22. The van der Waals surface area contributed by atoms with E-state index in [2.05, 4.69) is 16.8 Å². The Bertz CT molecular complexity index is 913. The fourth-order valence-electron chi connectivity index (χ4n) is 2.41. The molecular weight excluding hydrogens is 368 g/mol. The zero-order chi connectivity index (χ0) is 18.4. The number of aryl methyl sites for hydroxylation is 1. The normalized spacial score (nSPS) is 11.4. The van der Waals surface area contributed by atoms with E-state index in [4.69, 9.17) is 8.92 Å². The SMILES string of the molecule is Cc1ccc(S(=O)(=O)OCCOc2ccc(Cc3ccsc3)cc2)cc1. The van der Waals surface area contributed by atoms with Crippen LogP contribution in [0, 0.1) is 6.92 Å². The van der Waals surface area contributed by atoms with Gasteiger partial charge in [-0.05, 0) is 65.6 Å². The summed E-state index contributed by atoms with van der Waals surface area (Å²) in [6.07, 6.45) is 0.891. The third-order valence-corrected chi connectivity index (χ3v) is 5.87. The first kappa shape index (κ1) is 18.6. The van der Waals surface area contributed by atoms with Crippen molar-refractivity contribution >= 4 is 21.5 Å². The minimum Gasteiger partial charge on any atom is -0.491 e. The number of ether oxygens (including phenoxy) is 1. The van der Waals surface area contributed by atoms with Crippen LogP contribution in [0.5, 0.6) is 5.75 Å². The summed E-state index contributed by atoms with van der Waals surface area (Å²) in [6.45, 7) is 2.03. The number of hydrogen-bond acceptors (Lipinski definition) is 5. The van der Waals surface area contributed by atoms with E-state index in [1.165, 1.54) is 23.3 Å². The zero-order valence-electron chi connectivity index (χ0n) is 14.4. The second-order valence-corrected chi connectivity index (χ2v) is 8.29. The zero-order valence-corrected chi connectivity index (χ0v) is 16.1. The van der Waals surface area contributed by atoms with Gasteiger partial charge in [0.05, 0.1) is 4.90 Å². The van der Waals surface area contributed by atoms with E-state index in [-0.39, 0.29) is 18.1 Å². The van der Waals surface area contributed by atoms with Crippen LogP contribution in [-0.4, -0.2) is 21.6 Å². The van der Waals surface area contributed by atoms with Crippen molar-refractivity contribution in [3.8, 4) is 5.75 Å². The van der Waals surface area contributed by atoms with Gasteiger partial charge >= 0.3 is 0 Å². The third-order valence-electron chi connectivity index (χ3n) is 3.81. The Balaban J connectivity index is 1.46. The van der Waals surface area contributed by atoms with Crippen molar-refractivity contribution in [3.05, 3.63) is 82.0 Å². The van der Waals surface area contributed by atoms with Crippen LogP contribution in [-0.2, 0) is 20.7 Å². The molecule has 0 aliphatic carbocycles. The Hall–Kier alpha value is -2.15. The summed E-state index contributed by atoms with van der Waals surface area (Å²) in [5.41, 5.74) is 3.49. The van der Waals surface area contributed by atoms with Crippen LogP contribution in [0.25, 0.3) is 0 Å². The van der Waals surface area contributed by atoms with Crippen LogP contribution < -0.4 is 4.74 Å². The van der Waals surface area contributed by atoms with Crippen LogP contribution in [0.1, 0.15) is 16.7 Å². The van der Waals surface area contributed by atoms with E-state index in [0.717, 1.165) is 12.0 Å². The fourth-order valence-corrected chi connectivity index (χ4v) is 3.97. The quantitative estimate of drug-likeness (QED) is 0.423. The molecule has 0 saturated carbocycles. The minimum atomic E-state index is -3.75. The molecule has 26 heavy (non-hydrogen) atoms. The molecule has 4 nitrogen and oxygen atoms in total. The molecule has 3 aromatic rings. The van der Waals surface area contributed by atoms with Crippen molar-refractivity contribution in [1.82, 2.24) is 0 Å². The second kappa shape index (κ2) is 8.49. The standard InChI is InChI=1S/C20H20O4S2/c1-16-2-8-20(9-3-16)26(21,22)24-12-11-23-19-6-4-17(5-7-19)14-18-10-13-25-15-18/h2-10,13,15H,11-12,14H2,1H3. The summed E-state index contributed by atoms with van der Waals surface area (Å²) in [7, 11) is -3.75. The lowest BCUT2D eigenvalue weighted by molar-refractivity contribution is 0.221. The van der Waals surface area contributed by atoms with Gasteiger partial charge in [0, 0.05) is 0 Å². The molecule has 1 aromatic heterocycles. The van der Waals surface area contributed by atoms with Gasteiger partial charge < -0.3 is 4.74 Å². The van der Waals surface area contributed by atoms with Crippen molar-refractivity contribution in [3.63, 3.8) is 0 Å². The second-order valence-electron chi connectivity index (χ2n) is 5.89. The molecule has 0 atom stereocenters. The van der Waals surface area contributed by atoms with E-state index < -0.39 is 10.1 Å². The molecule has 0 amide bonds. The molecule has 0 aliphatic heterocycles. The van der Waals surface area contributed by atoms with Gasteiger partial charge in [-0.15, -0.1) is 0 Å². The van der Waals surface area contributed by atoms with Gasteiger partial charge in [0.1, 0.15) is 19.0 Å². The van der Waals surface area contributed by atoms with Crippen molar-refractivity contribution in [2.45, 2.75) is 18.2 Å². The Morgan fingerprint density at radius 2 is 1.62 bits per heavy atom. The maximum Gasteiger partial charge on any atom is 0.297 e. The average Bonchev–Trinajstić information content (AvgIpc) is 3.13. The highest BCUT2D eigenvalue weighted by atomic mass is 32.2. The highest BCUT2D eigenvalue weighted by molar-refractivity contribution is 7.86. The van der Waals surface area contributed by atoms with Crippen LogP contribution >= 0.6 is 11.3 Å². The Kier molecular flexibility index (Phi) is 6.08. The molecule has 0 unspecified atom stereocenters. The van der Waals surface area contributed by atoms with Crippen LogP contribution in [0.3, 0.4) is 0 Å². The molecule has 1 heterocycles. The van der Waals surface area contributed by atoms with Crippen molar-refractivity contribution < 1.29 is 17.3 Å². The lowest BCUT2D eigenvalue weighted by Gasteiger charge is -2.08. The highest BCUT2D eigenvalue weighted by Crippen LogP contribution is 2.17. The number of rotatable bonds is 8. The Morgan fingerprint density at radius 1 is 0.885 bits per heavy atom. The van der Waals surface area contributed by atoms with Crippen molar-refractivity contribution in [2.75, 3.05) is 13.2 Å². The predicted octanol–water partition coefficient (Wildman–Crippen LogP) is 4.43. The molecule has 0 saturated heterocycles. The van der Waals surface area contributed by atoms with E-state index in [9.17, 15) is 8.42 Å². The molecule has 2 aromatic carbocycles. The Morgan fingerprint density at radius 3 is 2.27 bits per heavy atom. The topological polar surface area (TPSA) is 52.6 Å². The molecule has 3 rings (SSSR count). The first-order valence-corrected chi connectivity index (χ1v) is 10.6. The smallest absolute Gasteiger partial charge is 0.297 e. The number of hydrogen-bond donors (Lipinski definition) is 0. The van der Waals surface area contributed by atoms with Crippen molar-refractivity contribution in [2.24, 2.45) is 0 Å².